The molecule has 2 aromatic heterocycles. The number of hydrogen-bond acceptors (Lipinski definition) is 5. The van der Waals surface area contributed by atoms with E-state index in [9.17, 15) is 4.79 Å². The van der Waals surface area contributed by atoms with E-state index in [2.05, 4.69) is 20.2 Å². The fourth-order valence-corrected chi connectivity index (χ4v) is 3.65. The molecule has 7 heteroatoms. The predicted octanol–water partition coefficient (Wildman–Crippen LogP) is 2.33. The number of aromatic nitrogens is 4. The highest BCUT2D eigenvalue weighted by Gasteiger charge is 2.26. The summed E-state index contributed by atoms with van der Waals surface area (Å²) in [5, 5.41) is 12.4. The maximum absolute atomic E-state index is 12.7. The van der Waals surface area contributed by atoms with Crippen molar-refractivity contribution in [2.75, 3.05) is 25.0 Å². The molecule has 3 heterocycles. The van der Waals surface area contributed by atoms with Crippen LogP contribution in [0.15, 0.2) is 61.1 Å². The van der Waals surface area contributed by atoms with E-state index in [0.29, 0.717) is 12.5 Å². The van der Waals surface area contributed by atoms with Gasteiger partial charge in [-0.15, -0.1) is 5.10 Å². The number of nitrogens with zero attached hydrogens (tertiary/aromatic N) is 6. The predicted molar refractivity (Wildman–Crippen MR) is 107 cm³/mol. The van der Waals surface area contributed by atoms with Crippen LogP contribution in [0.1, 0.15) is 18.4 Å². The lowest BCUT2D eigenvalue weighted by molar-refractivity contribution is -0.131. The topological polar surface area (TPSA) is 67.2 Å². The molecule has 28 heavy (non-hydrogen) atoms. The molecular weight excluding hydrogens is 352 g/mol. The molecule has 0 atom stereocenters. The number of rotatable bonds is 5. The Morgan fingerprint density at radius 3 is 2.54 bits per heavy atom. The normalized spacial score (nSPS) is 14.8. The van der Waals surface area contributed by atoms with Gasteiger partial charge in [-0.2, -0.15) is 10.2 Å². The number of piperidine rings is 1. The number of carbonyl (C=O) groups excluding carboxylic acids is 1. The van der Waals surface area contributed by atoms with Crippen molar-refractivity contribution in [3.8, 4) is 5.69 Å². The molecule has 0 spiro atoms. The van der Waals surface area contributed by atoms with Gasteiger partial charge in [0.25, 0.3) is 0 Å². The number of hydrogen-bond donors (Lipinski definition) is 0. The van der Waals surface area contributed by atoms with Crippen molar-refractivity contribution < 1.29 is 4.79 Å². The van der Waals surface area contributed by atoms with Crippen molar-refractivity contribution in [3.05, 3.63) is 66.6 Å². The molecule has 0 aliphatic carbocycles. The van der Waals surface area contributed by atoms with Crippen molar-refractivity contribution in [3.63, 3.8) is 0 Å². The first-order valence-electron chi connectivity index (χ1n) is 9.58. The van der Waals surface area contributed by atoms with Crippen LogP contribution in [0.5, 0.6) is 0 Å². The van der Waals surface area contributed by atoms with Crippen LogP contribution in [-0.4, -0.2) is 57.0 Å². The van der Waals surface area contributed by atoms with Gasteiger partial charge in [0.05, 0.1) is 12.1 Å². The van der Waals surface area contributed by atoms with Crippen molar-refractivity contribution >= 4 is 11.7 Å². The number of carbonyl (C=O) groups is 1. The molecule has 0 bridgehead atoms. The Balaban J connectivity index is 1.30. The number of amides is 1. The molecule has 7 nitrogen and oxygen atoms in total. The lowest BCUT2D eigenvalue weighted by Gasteiger charge is -2.37. The van der Waals surface area contributed by atoms with Crippen LogP contribution in [0.3, 0.4) is 0 Å². The summed E-state index contributed by atoms with van der Waals surface area (Å²) in [6.07, 6.45) is 7.66. The molecule has 0 saturated carbocycles. The highest BCUT2D eigenvalue weighted by atomic mass is 16.2. The summed E-state index contributed by atoms with van der Waals surface area (Å²) in [6, 6.07) is 14.1. The Kier molecular flexibility index (Phi) is 5.32. The standard InChI is InChI=1S/C21H24N6O/c1-25(20-4-2-11-22-24-20)18-9-14-26(15-10-18)21(28)16-17-5-7-19(8-6-17)27-13-3-12-23-27/h2-8,11-13,18H,9-10,14-16H2,1H3. The minimum atomic E-state index is 0.187. The molecule has 3 aromatic rings. The molecule has 4 rings (SSSR count). The Morgan fingerprint density at radius 1 is 1.11 bits per heavy atom. The summed E-state index contributed by atoms with van der Waals surface area (Å²) in [4.78, 5) is 16.8. The molecule has 1 fully saturated rings. The Morgan fingerprint density at radius 2 is 1.89 bits per heavy atom. The number of likely N-dealkylation sites (tertiary alicyclic amines) is 1. The first kappa shape index (κ1) is 18.2. The third-order valence-corrected chi connectivity index (χ3v) is 5.35. The fourth-order valence-electron chi connectivity index (χ4n) is 3.65. The van der Waals surface area contributed by atoms with Gasteiger partial charge in [0.1, 0.15) is 0 Å². The van der Waals surface area contributed by atoms with Crippen LogP contribution >= 0.6 is 0 Å². The summed E-state index contributed by atoms with van der Waals surface area (Å²) in [7, 11) is 2.05. The van der Waals surface area contributed by atoms with Crippen molar-refractivity contribution in [2.45, 2.75) is 25.3 Å². The van der Waals surface area contributed by atoms with Gasteiger partial charge in [0.2, 0.25) is 5.91 Å². The second-order valence-corrected chi connectivity index (χ2v) is 7.10. The fraction of sp³-hybridized carbons (Fsp3) is 0.333. The third kappa shape index (κ3) is 4.03. The van der Waals surface area contributed by atoms with E-state index in [-0.39, 0.29) is 5.91 Å². The van der Waals surface area contributed by atoms with E-state index in [1.54, 1.807) is 12.4 Å². The minimum absolute atomic E-state index is 0.187. The van der Waals surface area contributed by atoms with Crippen LogP contribution in [0.4, 0.5) is 5.82 Å². The first-order valence-corrected chi connectivity index (χ1v) is 9.58. The van der Waals surface area contributed by atoms with Crippen LogP contribution in [-0.2, 0) is 11.2 Å². The largest absolute Gasteiger partial charge is 0.355 e. The Labute approximate surface area is 164 Å². The quantitative estimate of drug-likeness (QED) is 0.684. The van der Waals surface area contributed by atoms with Crippen LogP contribution in [0, 0.1) is 0 Å². The molecule has 1 aliphatic rings. The van der Waals surface area contributed by atoms with Gasteiger partial charge in [-0.1, -0.05) is 12.1 Å². The van der Waals surface area contributed by atoms with E-state index < -0.39 is 0 Å². The molecule has 1 aliphatic heterocycles. The maximum Gasteiger partial charge on any atom is 0.226 e. The zero-order valence-electron chi connectivity index (χ0n) is 16.0. The van der Waals surface area contributed by atoms with E-state index >= 15 is 0 Å². The zero-order chi connectivity index (χ0) is 19.3. The average molecular weight is 376 g/mol. The molecule has 1 aromatic carbocycles. The van der Waals surface area contributed by atoms with Gasteiger partial charge in [0.15, 0.2) is 5.82 Å². The number of anilines is 1. The first-order chi connectivity index (χ1) is 13.7. The van der Waals surface area contributed by atoms with Gasteiger partial charge >= 0.3 is 0 Å². The lowest BCUT2D eigenvalue weighted by atomic mass is 10.0. The van der Waals surface area contributed by atoms with E-state index in [4.69, 9.17) is 0 Å². The van der Waals surface area contributed by atoms with Gasteiger partial charge in [-0.25, -0.2) is 4.68 Å². The summed E-state index contributed by atoms with van der Waals surface area (Å²) < 4.78 is 1.81. The second-order valence-electron chi connectivity index (χ2n) is 7.10. The molecule has 1 amide bonds. The summed E-state index contributed by atoms with van der Waals surface area (Å²) in [5.41, 5.74) is 2.02. The summed E-state index contributed by atoms with van der Waals surface area (Å²) >= 11 is 0. The SMILES string of the molecule is CN(c1cccnn1)C1CCN(C(=O)Cc2ccc(-n3cccn3)cc2)CC1. The molecule has 1 saturated heterocycles. The van der Waals surface area contributed by atoms with Crippen LogP contribution in [0.2, 0.25) is 0 Å². The van der Waals surface area contributed by atoms with Crippen molar-refractivity contribution in [2.24, 2.45) is 0 Å². The third-order valence-electron chi connectivity index (χ3n) is 5.35. The summed E-state index contributed by atoms with van der Waals surface area (Å²) in [5.74, 6) is 1.07. The van der Waals surface area contributed by atoms with Gasteiger partial charge in [-0.05, 0) is 48.7 Å². The second kappa shape index (κ2) is 8.21. The van der Waals surface area contributed by atoms with E-state index in [0.717, 1.165) is 43.0 Å². The molecular formula is C21H24N6O. The highest BCUT2D eigenvalue weighted by Crippen LogP contribution is 2.20. The average Bonchev–Trinajstić information content (AvgIpc) is 3.29. The smallest absolute Gasteiger partial charge is 0.226 e. The molecule has 144 valence electrons. The van der Waals surface area contributed by atoms with E-state index in [1.807, 2.05) is 65.3 Å². The van der Waals surface area contributed by atoms with Crippen LogP contribution < -0.4 is 4.90 Å². The zero-order valence-corrected chi connectivity index (χ0v) is 16.0. The maximum atomic E-state index is 12.7. The molecule has 0 unspecified atom stereocenters. The lowest BCUT2D eigenvalue weighted by Crippen LogP contribution is -2.46. The van der Waals surface area contributed by atoms with Crippen LogP contribution in [0.25, 0.3) is 5.69 Å². The van der Waals surface area contributed by atoms with Crippen molar-refractivity contribution in [1.82, 2.24) is 24.9 Å². The Bertz CT molecular complexity index is 886. The molecule has 0 N–H and O–H groups in total. The Hall–Kier alpha value is -3.22. The molecule has 0 radical (unpaired) electrons. The summed E-state index contributed by atoms with van der Waals surface area (Å²) in [6.45, 7) is 1.55. The number of benzene rings is 1. The monoisotopic (exact) mass is 376 g/mol. The minimum Gasteiger partial charge on any atom is -0.355 e. The van der Waals surface area contributed by atoms with Crippen molar-refractivity contribution in [1.29, 1.82) is 0 Å². The van der Waals surface area contributed by atoms with E-state index in [1.165, 1.54) is 0 Å². The van der Waals surface area contributed by atoms with Gasteiger partial charge in [-0.3, -0.25) is 4.79 Å². The van der Waals surface area contributed by atoms with Gasteiger partial charge < -0.3 is 9.80 Å². The highest BCUT2D eigenvalue weighted by molar-refractivity contribution is 5.79. The van der Waals surface area contributed by atoms with Gasteiger partial charge in [0, 0.05) is 44.8 Å².